The van der Waals surface area contributed by atoms with Gasteiger partial charge >= 0.3 is 0 Å². The molecule has 2 aliphatic heterocycles. The summed E-state index contributed by atoms with van der Waals surface area (Å²) in [6.07, 6.45) is 1.12. The van der Waals surface area contributed by atoms with Gasteiger partial charge in [0.05, 0.1) is 10.5 Å². The Bertz CT molecular complexity index is 1450. The van der Waals surface area contributed by atoms with Crippen LogP contribution in [-0.2, 0) is 22.4 Å². The van der Waals surface area contributed by atoms with Crippen molar-refractivity contribution in [2.75, 3.05) is 13.6 Å². The number of hydrogen-bond acceptors (Lipinski definition) is 13. The number of carbonyl (C=O) groups excluding carboxylic acids is 2. The van der Waals surface area contributed by atoms with E-state index in [1.807, 2.05) is 50.2 Å². The van der Waals surface area contributed by atoms with E-state index in [0.29, 0.717) is 33.0 Å². The first kappa shape index (κ1) is 30.6. The van der Waals surface area contributed by atoms with Crippen molar-refractivity contribution >= 4 is 58.1 Å². The van der Waals surface area contributed by atoms with Gasteiger partial charge in [-0.05, 0) is 63.1 Å². The molecule has 0 spiro atoms. The molecule has 2 aromatic carbocycles. The maximum atomic E-state index is 12.6. The van der Waals surface area contributed by atoms with Crippen LogP contribution in [-0.4, -0.2) is 57.5 Å². The van der Waals surface area contributed by atoms with Gasteiger partial charge in [-0.1, -0.05) is 47.0 Å². The molecule has 0 aliphatic carbocycles. The summed E-state index contributed by atoms with van der Waals surface area (Å²) in [5.74, 6) is 2.37. The largest absolute Gasteiger partial charge is 0.454 e. The third-order valence-electron chi connectivity index (χ3n) is 6.19. The average molecular weight is 643 g/mol. The highest BCUT2D eigenvalue weighted by atomic mass is 32.2. The monoisotopic (exact) mass is 642 g/mol. The zero-order chi connectivity index (χ0) is 30.3. The Morgan fingerprint density at radius 1 is 0.767 bits per heavy atom. The van der Waals surface area contributed by atoms with Crippen molar-refractivity contribution in [1.82, 2.24) is 21.0 Å². The first-order chi connectivity index (χ1) is 20.7. The first-order valence-electron chi connectivity index (χ1n) is 13.3. The number of aromatic nitrogens is 2. The molecule has 0 unspecified atom stereocenters. The van der Waals surface area contributed by atoms with Gasteiger partial charge in [-0.2, -0.15) is 10.2 Å². The third kappa shape index (κ3) is 8.39. The molecule has 0 saturated carbocycles. The number of ether oxygens (including phenoxy) is 4. The molecule has 226 valence electrons. The highest BCUT2D eigenvalue weighted by Gasteiger charge is 2.21. The van der Waals surface area contributed by atoms with Crippen LogP contribution in [0.4, 0.5) is 0 Å². The van der Waals surface area contributed by atoms with Crippen LogP contribution in [0.25, 0.3) is 0 Å². The number of nitrogens with one attached hydrogen (secondary N) is 2. The fourth-order valence-electron chi connectivity index (χ4n) is 3.96. The zero-order valence-electron chi connectivity index (χ0n) is 23.9. The van der Waals surface area contributed by atoms with Crippen LogP contribution in [0.5, 0.6) is 23.0 Å². The molecule has 2 atom stereocenters. The minimum absolute atomic E-state index is 0.223. The lowest BCUT2D eigenvalue weighted by Crippen LogP contribution is -2.27. The fourth-order valence-corrected chi connectivity index (χ4v) is 7.25. The van der Waals surface area contributed by atoms with Gasteiger partial charge in [0.15, 0.2) is 31.7 Å². The normalized spacial score (nSPS) is 15.3. The quantitative estimate of drug-likeness (QED) is 0.165. The van der Waals surface area contributed by atoms with Crippen molar-refractivity contribution in [3.8, 4) is 23.0 Å². The van der Waals surface area contributed by atoms with Crippen molar-refractivity contribution in [3.63, 3.8) is 0 Å². The van der Waals surface area contributed by atoms with Gasteiger partial charge in [0, 0.05) is 24.3 Å². The molecule has 43 heavy (non-hydrogen) atoms. The molecule has 0 bridgehead atoms. The van der Waals surface area contributed by atoms with Crippen LogP contribution in [0.2, 0.25) is 0 Å². The van der Waals surface area contributed by atoms with Gasteiger partial charge in [0.2, 0.25) is 13.6 Å². The molecule has 0 radical (unpaired) electrons. The lowest BCUT2D eigenvalue weighted by atomic mass is 10.1. The van der Waals surface area contributed by atoms with E-state index in [1.54, 1.807) is 13.8 Å². The number of rotatable bonds is 12. The molecule has 0 saturated heterocycles. The summed E-state index contributed by atoms with van der Waals surface area (Å²) in [6.45, 7) is 7.69. The Morgan fingerprint density at radius 2 is 1.19 bits per heavy atom. The van der Waals surface area contributed by atoms with Gasteiger partial charge in [-0.25, -0.2) is 10.9 Å². The van der Waals surface area contributed by atoms with E-state index in [2.05, 4.69) is 31.3 Å². The summed E-state index contributed by atoms with van der Waals surface area (Å²) >= 11 is 3.88. The van der Waals surface area contributed by atoms with E-state index in [1.165, 1.54) is 34.9 Å². The second-order valence-electron chi connectivity index (χ2n) is 9.73. The Morgan fingerprint density at radius 3 is 1.63 bits per heavy atom. The summed E-state index contributed by atoms with van der Waals surface area (Å²) in [4.78, 5) is 25.2. The summed E-state index contributed by atoms with van der Waals surface area (Å²) in [6, 6.07) is 11.4. The van der Waals surface area contributed by atoms with E-state index >= 15 is 0 Å². The first-order valence-corrected chi connectivity index (χ1v) is 15.9. The molecule has 3 aromatic rings. The van der Waals surface area contributed by atoms with Crippen molar-refractivity contribution in [2.45, 2.75) is 59.7 Å². The van der Waals surface area contributed by atoms with Crippen LogP contribution in [0.1, 0.15) is 38.8 Å². The van der Waals surface area contributed by atoms with Crippen molar-refractivity contribution in [2.24, 2.45) is 10.2 Å². The van der Waals surface area contributed by atoms with Gasteiger partial charge in [0.25, 0.3) is 11.8 Å². The Kier molecular flexibility index (Phi) is 10.0. The standard InChI is InChI=1S/C28H30N6O6S3/c1-15(9-19-5-7-21-23(11-19)39-13-37-21)29-31-25(35)17(3)41-27-33-34-28(43-27)42-18(4)26(36)32-30-16(2)10-20-6-8-22-24(12-20)40-14-38-22/h5-8,11-12,17-18H,9-10,13-14H2,1-4H3,(H,31,35)(H,32,36)/b29-15-,30-16-/t17-,18-/m1/s1. The van der Waals surface area contributed by atoms with E-state index in [0.717, 1.165) is 34.0 Å². The Labute approximate surface area is 261 Å². The number of carbonyl (C=O) groups is 2. The van der Waals surface area contributed by atoms with Crippen LogP contribution in [0.3, 0.4) is 0 Å². The minimum atomic E-state index is -0.448. The number of benzene rings is 2. The molecule has 3 heterocycles. The predicted molar refractivity (Wildman–Crippen MR) is 166 cm³/mol. The lowest BCUT2D eigenvalue weighted by molar-refractivity contribution is -0.121. The minimum Gasteiger partial charge on any atom is -0.454 e. The molecule has 1 aromatic heterocycles. The van der Waals surface area contributed by atoms with Crippen LogP contribution in [0, 0.1) is 0 Å². The second kappa shape index (κ2) is 14.1. The number of fused-ring (bicyclic) bond motifs is 2. The topological polar surface area (TPSA) is 146 Å². The van der Waals surface area contributed by atoms with E-state index in [4.69, 9.17) is 18.9 Å². The Balaban J connectivity index is 1.04. The summed E-state index contributed by atoms with van der Waals surface area (Å²) in [5.41, 5.74) is 8.76. The number of hydrazone groups is 2. The van der Waals surface area contributed by atoms with E-state index in [-0.39, 0.29) is 25.4 Å². The summed E-state index contributed by atoms with van der Waals surface area (Å²) in [7, 11) is 0. The van der Waals surface area contributed by atoms with E-state index in [9.17, 15) is 9.59 Å². The highest BCUT2D eigenvalue weighted by molar-refractivity contribution is 8.04. The van der Waals surface area contributed by atoms with Crippen LogP contribution < -0.4 is 29.8 Å². The molecule has 5 rings (SSSR count). The number of nitrogens with zero attached hydrogens (tertiary/aromatic N) is 4. The second-order valence-corrected chi connectivity index (χ2v) is 13.9. The molecule has 2 aliphatic rings. The maximum Gasteiger partial charge on any atom is 0.253 e. The molecule has 2 N–H and O–H groups in total. The molecule has 15 heteroatoms. The highest BCUT2D eigenvalue weighted by Crippen LogP contribution is 2.35. The number of thioether (sulfide) groups is 2. The van der Waals surface area contributed by atoms with Crippen LogP contribution in [0.15, 0.2) is 55.3 Å². The maximum absolute atomic E-state index is 12.6. The average Bonchev–Trinajstić information content (AvgIpc) is 3.75. The lowest BCUT2D eigenvalue weighted by Gasteiger charge is -2.08. The fraction of sp³-hybridized carbons (Fsp3) is 0.357. The van der Waals surface area contributed by atoms with Crippen molar-refractivity contribution in [3.05, 3.63) is 47.5 Å². The number of hydrogen-bond donors (Lipinski definition) is 2. The SMILES string of the molecule is C/C(Cc1ccc2c(c1)OCO2)=N/NC(=O)[C@@H](C)Sc1nnc(S[C@H](C)C(=O)N/N=C(/C)Cc2ccc3c(c2)OCO3)s1. The van der Waals surface area contributed by atoms with Gasteiger partial charge in [0.1, 0.15) is 0 Å². The van der Waals surface area contributed by atoms with Gasteiger partial charge in [-0.15, -0.1) is 10.2 Å². The predicted octanol–water partition coefficient (Wildman–Crippen LogP) is 4.43. The molecular weight excluding hydrogens is 613 g/mol. The van der Waals surface area contributed by atoms with Gasteiger partial charge in [-0.3, -0.25) is 9.59 Å². The molecule has 2 amide bonds. The smallest absolute Gasteiger partial charge is 0.253 e. The van der Waals surface area contributed by atoms with Crippen molar-refractivity contribution in [1.29, 1.82) is 0 Å². The third-order valence-corrected chi connectivity index (χ3v) is 9.48. The Hall–Kier alpha value is -3.82. The molecular formula is C28H30N6O6S3. The summed E-state index contributed by atoms with van der Waals surface area (Å²) in [5, 5.41) is 15.9. The van der Waals surface area contributed by atoms with Crippen molar-refractivity contribution < 1.29 is 28.5 Å². The zero-order valence-corrected chi connectivity index (χ0v) is 26.4. The summed E-state index contributed by atoms with van der Waals surface area (Å²) < 4.78 is 22.7. The van der Waals surface area contributed by atoms with E-state index < -0.39 is 10.5 Å². The molecule has 12 nitrogen and oxygen atoms in total. The number of amides is 2. The van der Waals surface area contributed by atoms with Crippen LogP contribution >= 0.6 is 34.9 Å². The molecule has 0 fully saturated rings. The van der Waals surface area contributed by atoms with Gasteiger partial charge < -0.3 is 18.9 Å².